The van der Waals surface area contributed by atoms with Gasteiger partial charge in [0.15, 0.2) is 0 Å². The maximum Gasteiger partial charge on any atom is 0.317 e. The molecule has 0 unspecified atom stereocenters. The molecule has 0 aromatic heterocycles. The summed E-state index contributed by atoms with van der Waals surface area (Å²) in [6.07, 6.45) is 0. The Balaban J connectivity index is 2.80. The quantitative estimate of drug-likeness (QED) is 0.789. The van der Waals surface area contributed by atoms with Crippen molar-refractivity contribution in [3.63, 3.8) is 0 Å². The Morgan fingerprint density at radius 3 is 2.67 bits per heavy atom. The van der Waals surface area contributed by atoms with Crippen LogP contribution in [0.25, 0.3) is 0 Å². The number of carbonyl (C=O) groups is 1. The lowest BCUT2D eigenvalue weighted by atomic mass is 10.1. The first-order chi connectivity index (χ1) is 7.04. The van der Waals surface area contributed by atoms with Gasteiger partial charge >= 0.3 is 6.03 Å². The van der Waals surface area contributed by atoms with Gasteiger partial charge in [-0.1, -0.05) is 23.8 Å². The minimum Gasteiger partial charge on any atom is -0.341 e. The average molecular weight is 206 g/mol. The lowest BCUT2D eigenvalue weighted by Crippen LogP contribution is -2.34. The Morgan fingerprint density at radius 1 is 1.40 bits per heavy atom. The van der Waals surface area contributed by atoms with Crippen molar-refractivity contribution < 1.29 is 4.79 Å². The van der Waals surface area contributed by atoms with Crippen molar-refractivity contribution in [2.45, 2.75) is 20.4 Å². The predicted molar refractivity (Wildman–Crippen MR) is 61.8 cm³/mol. The zero-order valence-corrected chi connectivity index (χ0v) is 9.79. The third-order valence-corrected chi connectivity index (χ3v) is 2.47. The number of benzene rings is 1. The second-order valence-corrected chi connectivity index (χ2v) is 3.84. The molecule has 0 saturated heterocycles. The molecule has 0 aliphatic heterocycles. The van der Waals surface area contributed by atoms with Crippen LogP contribution >= 0.6 is 0 Å². The monoisotopic (exact) mass is 206 g/mol. The molecule has 0 saturated carbocycles. The SMILES string of the molecule is CNC(=O)N(C)Cc1cc(C)ccc1C. The van der Waals surface area contributed by atoms with Crippen molar-refractivity contribution in [2.24, 2.45) is 0 Å². The first kappa shape index (κ1) is 11.6. The number of nitrogens with one attached hydrogen (secondary N) is 1. The van der Waals surface area contributed by atoms with Crippen LogP contribution in [-0.4, -0.2) is 25.0 Å². The van der Waals surface area contributed by atoms with Gasteiger partial charge in [-0.25, -0.2) is 4.79 Å². The van der Waals surface area contributed by atoms with E-state index in [1.54, 1.807) is 19.0 Å². The molecule has 82 valence electrons. The van der Waals surface area contributed by atoms with Gasteiger partial charge in [-0.2, -0.15) is 0 Å². The molecule has 0 bridgehead atoms. The molecule has 1 aromatic carbocycles. The number of amides is 2. The first-order valence-electron chi connectivity index (χ1n) is 5.03. The van der Waals surface area contributed by atoms with E-state index in [0.717, 1.165) is 0 Å². The molecule has 0 aliphatic rings. The molecule has 1 aromatic rings. The molecule has 1 rings (SSSR count). The Kier molecular flexibility index (Phi) is 3.72. The van der Waals surface area contributed by atoms with Crippen molar-refractivity contribution in [3.8, 4) is 0 Å². The van der Waals surface area contributed by atoms with Crippen molar-refractivity contribution in [1.29, 1.82) is 0 Å². The van der Waals surface area contributed by atoms with E-state index in [-0.39, 0.29) is 6.03 Å². The second-order valence-electron chi connectivity index (χ2n) is 3.84. The Morgan fingerprint density at radius 2 is 2.07 bits per heavy atom. The predicted octanol–water partition coefficient (Wildman–Crippen LogP) is 2.07. The van der Waals surface area contributed by atoms with Gasteiger partial charge in [-0.05, 0) is 25.0 Å². The van der Waals surface area contributed by atoms with E-state index in [4.69, 9.17) is 0 Å². The van der Waals surface area contributed by atoms with Crippen LogP contribution in [0.15, 0.2) is 18.2 Å². The normalized spacial score (nSPS) is 9.87. The topological polar surface area (TPSA) is 32.3 Å². The van der Waals surface area contributed by atoms with E-state index in [1.807, 2.05) is 0 Å². The lowest BCUT2D eigenvalue weighted by molar-refractivity contribution is 0.209. The number of nitrogens with zero attached hydrogens (tertiary/aromatic N) is 1. The number of hydrogen-bond acceptors (Lipinski definition) is 1. The summed E-state index contributed by atoms with van der Waals surface area (Å²) in [5, 5.41) is 2.61. The zero-order chi connectivity index (χ0) is 11.4. The number of aryl methyl sites for hydroxylation is 2. The van der Waals surface area contributed by atoms with Gasteiger partial charge in [0, 0.05) is 20.6 Å². The van der Waals surface area contributed by atoms with E-state index >= 15 is 0 Å². The molecule has 0 fully saturated rings. The summed E-state index contributed by atoms with van der Waals surface area (Å²) in [5.41, 5.74) is 3.64. The summed E-state index contributed by atoms with van der Waals surface area (Å²) in [4.78, 5) is 13.0. The minimum absolute atomic E-state index is 0.0593. The molecule has 15 heavy (non-hydrogen) atoms. The van der Waals surface area contributed by atoms with Crippen molar-refractivity contribution in [1.82, 2.24) is 10.2 Å². The highest BCUT2D eigenvalue weighted by atomic mass is 16.2. The molecule has 3 heteroatoms. The third-order valence-electron chi connectivity index (χ3n) is 2.47. The molecular weight excluding hydrogens is 188 g/mol. The molecule has 0 spiro atoms. The molecule has 0 heterocycles. The molecule has 0 aliphatic carbocycles. The van der Waals surface area contributed by atoms with Crippen LogP contribution in [-0.2, 0) is 6.54 Å². The highest BCUT2D eigenvalue weighted by Crippen LogP contribution is 2.12. The van der Waals surface area contributed by atoms with E-state index in [1.165, 1.54) is 16.7 Å². The fourth-order valence-corrected chi connectivity index (χ4v) is 1.49. The van der Waals surface area contributed by atoms with Crippen LogP contribution in [0.5, 0.6) is 0 Å². The van der Waals surface area contributed by atoms with Crippen LogP contribution in [0.1, 0.15) is 16.7 Å². The highest BCUT2D eigenvalue weighted by Gasteiger charge is 2.07. The van der Waals surface area contributed by atoms with Crippen molar-refractivity contribution in [2.75, 3.05) is 14.1 Å². The highest BCUT2D eigenvalue weighted by molar-refractivity contribution is 5.73. The van der Waals surface area contributed by atoms with Gasteiger partial charge in [0.25, 0.3) is 0 Å². The Bertz CT molecular complexity index is 361. The van der Waals surface area contributed by atoms with Crippen molar-refractivity contribution in [3.05, 3.63) is 34.9 Å². The molecule has 0 atom stereocenters. The fraction of sp³-hybridized carbons (Fsp3) is 0.417. The van der Waals surface area contributed by atoms with E-state index in [0.29, 0.717) is 6.54 Å². The lowest BCUT2D eigenvalue weighted by Gasteiger charge is -2.18. The number of hydrogen-bond donors (Lipinski definition) is 1. The van der Waals surface area contributed by atoms with Crippen LogP contribution in [0.2, 0.25) is 0 Å². The maximum absolute atomic E-state index is 11.3. The van der Waals surface area contributed by atoms with Crippen molar-refractivity contribution >= 4 is 6.03 Å². The summed E-state index contributed by atoms with van der Waals surface area (Å²) in [6, 6.07) is 6.23. The van der Waals surface area contributed by atoms with E-state index in [9.17, 15) is 4.79 Å². The molecule has 1 N–H and O–H groups in total. The summed E-state index contributed by atoms with van der Waals surface area (Å²) >= 11 is 0. The fourth-order valence-electron chi connectivity index (χ4n) is 1.49. The second kappa shape index (κ2) is 4.82. The average Bonchev–Trinajstić information content (AvgIpc) is 2.22. The van der Waals surface area contributed by atoms with Gasteiger partial charge in [-0.3, -0.25) is 0 Å². The number of carbonyl (C=O) groups excluding carboxylic acids is 1. The van der Waals surface area contributed by atoms with E-state index in [2.05, 4.69) is 37.4 Å². The van der Waals surface area contributed by atoms with Crippen LogP contribution in [0, 0.1) is 13.8 Å². The number of rotatable bonds is 2. The third kappa shape index (κ3) is 2.98. The Labute approximate surface area is 91.1 Å². The molecule has 0 radical (unpaired) electrons. The maximum atomic E-state index is 11.3. The molecular formula is C12H18N2O. The summed E-state index contributed by atoms with van der Waals surface area (Å²) in [7, 11) is 3.43. The van der Waals surface area contributed by atoms with E-state index < -0.39 is 0 Å². The molecule has 2 amide bonds. The van der Waals surface area contributed by atoms with Crippen LogP contribution in [0.3, 0.4) is 0 Å². The Hall–Kier alpha value is -1.51. The van der Waals surface area contributed by atoms with Crippen LogP contribution < -0.4 is 5.32 Å². The zero-order valence-electron chi connectivity index (χ0n) is 9.79. The minimum atomic E-state index is -0.0593. The van der Waals surface area contributed by atoms with Gasteiger partial charge < -0.3 is 10.2 Å². The molecule has 3 nitrogen and oxygen atoms in total. The van der Waals surface area contributed by atoms with Gasteiger partial charge in [0.2, 0.25) is 0 Å². The first-order valence-corrected chi connectivity index (χ1v) is 5.03. The van der Waals surface area contributed by atoms with Gasteiger partial charge in [0.1, 0.15) is 0 Å². The summed E-state index contributed by atoms with van der Waals surface area (Å²) in [6.45, 7) is 4.77. The summed E-state index contributed by atoms with van der Waals surface area (Å²) in [5.74, 6) is 0. The van der Waals surface area contributed by atoms with Gasteiger partial charge in [-0.15, -0.1) is 0 Å². The van der Waals surface area contributed by atoms with Gasteiger partial charge in [0.05, 0.1) is 0 Å². The number of urea groups is 1. The summed E-state index contributed by atoms with van der Waals surface area (Å²) < 4.78 is 0. The standard InChI is InChI=1S/C12H18N2O/c1-9-5-6-10(2)11(7-9)8-14(4)12(15)13-3/h5-7H,8H2,1-4H3,(H,13,15). The largest absolute Gasteiger partial charge is 0.341 e. The smallest absolute Gasteiger partial charge is 0.317 e. The van der Waals surface area contributed by atoms with Crippen LogP contribution in [0.4, 0.5) is 4.79 Å².